The number of imidazole rings is 2. The molecular formula is C14H12ClN5O3S. The predicted octanol–water partition coefficient (Wildman–Crippen LogP) is 1.72. The van der Waals surface area contributed by atoms with Crippen LogP contribution in [0.4, 0.5) is 0 Å². The van der Waals surface area contributed by atoms with Crippen molar-refractivity contribution in [3.63, 3.8) is 0 Å². The van der Waals surface area contributed by atoms with E-state index >= 15 is 0 Å². The molecule has 8 nitrogen and oxygen atoms in total. The maximum Gasteiger partial charge on any atom is 0.287 e. The number of H-pyrrole nitrogens is 1. The molecule has 0 amide bonds. The monoisotopic (exact) mass is 365 g/mol. The zero-order valence-corrected chi connectivity index (χ0v) is 13.8. The Bertz CT molecular complexity index is 1080. The van der Waals surface area contributed by atoms with Gasteiger partial charge in [-0.1, -0.05) is 11.6 Å². The summed E-state index contributed by atoms with van der Waals surface area (Å²) in [7, 11) is 0. The molecular weight excluding hydrogens is 354 g/mol. The summed E-state index contributed by atoms with van der Waals surface area (Å²) < 4.78 is 8.98. The number of rotatable bonds is 5. The summed E-state index contributed by atoms with van der Waals surface area (Å²) in [5.74, 6) is 0.413. The first kappa shape index (κ1) is 15.3. The van der Waals surface area contributed by atoms with Crippen molar-refractivity contribution in [1.29, 1.82) is 0 Å². The van der Waals surface area contributed by atoms with Crippen molar-refractivity contribution in [3.05, 3.63) is 39.3 Å². The maximum absolute atomic E-state index is 12.6. The number of aliphatic hydroxyl groups is 1. The van der Waals surface area contributed by atoms with Gasteiger partial charge in [0.1, 0.15) is 6.73 Å². The molecule has 4 aromatic rings. The third-order valence-corrected chi connectivity index (χ3v) is 4.75. The van der Waals surface area contributed by atoms with Crippen LogP contribution in [0.5, 0.6) is 0 Å². The topological polar surface area (TPSA) is 97.4 Å². The van der Waals surface area contributed by atoms with E-state index in [1.807, 2.05) is 6.07 Å². The first-order valence-electron chi connectivity index (χ1n) is 7.08. The molecule has 0 unspecified atom stereocenters. The van der Waals surface area contributed by atoms with Gasteiger partial charge in [-0.15, -0.1) is 11.3 Å². The predicted molar refractivity (Wildman–Crippen MR) is 90.5 cm³/mol. The Kier molecular flexibility index (Phi) is 3.85. The summed E-state index contributed by atoms with van der Waals surface area (Å²) >= 11 is 7.38. The number of nitrogens with one attached hydrogen (secondary N) is 1. The van der Waals surface area contributed by atoms with E-state index in [0.717, 1.165) is 10.6 Å². The fourth-order valence-electron chi connectivity index (χ4n) is 2.40. The maximum atomic E-state index is 12.6. The van der Waals surface area contributed by atoms with Crippen molar-refractivity contribution in [2.45, 2.75) is 6.73 Å². The van der Waals surface area contributed by atoms with E-state index < -0.39 is 0 Å². The lowest BCUT2D eigenvalue weighted by Gasteiger charge is -2.03. The van der Waals surface area contributed by atoms with Gasteiger partial charge in [-0.25, -0.2) is 9.38 Å². The summed E-state index contributed by atoms with van der Waals surface area (Å²) in [5, 5.41) is 8.77. The average molecular weight is 366 g/mol. The number of ether oxygens (including phenoxy) is 1. The van der Waals surface area contributed by atoms with Gasteiger partial charge in [0.2, 0.25) is 5.78 Å². The second-order valence-corrected chi connectivity index (χ2v) is 6.74. The number of hydrogen-bond acceptors (Lipinski definition) is 6. The second-order valence-electron chi connectivity index (χ2n) is 5.03. The van der Waals surface area contributed by atoms with E-state index in [0.29, 0.717) is 15.8 Å². The molecule has 0 aromatic carbocycles. The van der Waals surface area contributed by atoms with Crippen LogP contribution in [-0.4, -0.2) is 42.2 Å². The number of aromatic amines is 1. The van der Waals surface area contributed by atoms with Crippen LogP contribution in [0.3, 0.4) is 0 Å². The molecule has 2 N–H and O–H groups in total. The fraction of sp³-hybridized carbons (Fsp3) is 0.214. The highest BCUT2D eigenvalue weighted by Gasteiger charge is 2.14. The lowest BCUT2D eigenvalue weighted by molar-refractivity contribution is 0.0499. The van der Waals surface area contributed by atoms with Crippen LogP contribution in [0.15, 0.2) is 29.5 Å². The summed E-state index contributed by atoms with van der Waals surface area (Å²) in [5.41, 5.74) is 1.18. The van der Waals surface area contributed by atoms with Crippen LogP contribution in [0, 0.1) is 0 Å². The zero-order chi connectivity index (χ0) is 16.7. The minimum Gasteiger partial charge on any atom is -0.394 e. The lowest BCUT2D eigenvalue weighted by atomic mass is 10.4. The first-order chi connectivity index (χ1) is 11.7. The van der Waals surface area contributed by atoms with E-state index in [1.54, 1.807) is 16.8 Å². The smallest absolute Gasteiger partial charge is 0.287 e. The van der Waals surface area contributed by atoms with Crippen molar-refractivity contribution in [2.24, 2.45) is 0 Å². The standard InChI is InChI=1S/C14H12ClN5O3S/c15-10-2-1-9(24-10)8-5-20-13(22)11-12(18-14(20)17-8)19(6-16-11)7-23-4-3-21/h1-2,5-6,21H,3-4,7H2,(H,17,18). The van der Waals surface area contributed by atoms with Crippen molar-refractivity contribution in [1.82, 2.24) is 23.9 Å². The van der Waals surface area contributed by atoms with E-state index in [-0.39, 0.29) is 31.0 Å². The molecule has 10 heteroatoms. The molecule has 0 atom stereocenters. The Balaban J connectivity index is 1.83. The summed E-state index contributed by atoms with van der Waals surface area (Å²) in [6, 6.07) is 3.68. The number of aliphatic hydroxyl groups excluding tert-OH is 1. The SMILES string of the molecule is O=c1c2ncn(COCCO)c2nc2[nH]c(-c3ccc(Cl)s3)cn12. The van der Waals surface area contributed by atoms with Gasteiger partial charge in [-0.2, -0.15) is 4.98 Å². The summed E-state index contributed by atoms with van der Waals surface area (Å²) in [6.07, 6.45) is 3.18. The molecule has 0 aliphatic heterocycles. The minimum atomic E-state index is -0.263. The van der Waals surface area contributed by atoms with Crippen molar-refractivity contribution in [3.8, 4) is 10.6 Å². The molecule has 0 aliphatic rings. The fourth-order valence-corrected chi connectivity index (χ4v) is 3.41. The van der Waals surface area contributed by atoms with Crippen molar-refractivity contribution < 1.29 is 9.84 Å². The highest BCUT2D eigenvalue weighted by Crippen LogP contribution is 2.30. The van der Waals surface area contributed by atoms with E-state index in [2.05, 4.69) is 15.0 Å². The Labute approximate surface area is 143 Å². The van der Waals surface area contributed by atoms with Gasteiger partial charge in [-0.05, 0) is 12.1 Å². The lowest BCUT2D eigenvalue weighted by Crippen LogP contribution is -2.14. The Morgan fingerprint density at radius 2 is 2.29 bits per heavy atom. The quantitative estimate of drug-likeness (QED) is 0.525. The largest absolute Gasteiger partial charge is 0.394 e. The number of fused-ring (bicyclic) bond motifs is 2. The van der Waals surface area contributed by atoms with Crippen LogP contribution in [-0.2, 0) is 11.5 Å². The average Bonchev–Trinajstić information content (AvgIpc) is 3.26. The van der Waals surface area contributed by atoms with Crippen molar-refractivity contribution in [2.75, 3.05) is 13.2 Å². The number of halogens is 1. The zero-order valence-electron chi connectivity index (χ0n) is 12.3. The normalized spacial score (nSPS) is 11.8. The Morgan fingerprint density at radius 3 is 3.04 bits per heavy atom. The van der Waals surface area contributed by atoms with Gasteiger partial charge >= 0.3 is 0 Å². The first-order valence-corrected chi connectivity index (χ1v) is 8.27. The summed E-state index contributed by atoms with van der Waals surface area (Å²) in [4.78, 5) is 25.2. The van der Waals surface area contributed by atoms with Crippen LogP contribution in [0.25, 0.3) is 27.5 Å². The van der Waals surface area contributed by atoms with Gasteiger partial charge in [0.05, 0.1) is 34.4 Å². The van der Waals surface area contributed by atoms with E-state index in [9.17, 15) is 4.79 Å². The highest BCUT2D eigenvalue weighted by molar-refractivity contribution is 7.19. The third kappa shape index (κ3) is 2.51. The Hall–Kier alpha value is -2.20. The molecule has 24 heavy (non-hydrogen) atoms. The second kappa shape index (κ2) is 6.02. The van der Waals surface area contributed by atoms with Crippen LogP contribution < -0.4 is 5.56 Å². The molecule has 4 aromatic heterocycles. The number of aromatic nitrogens is 5. The van der Waals surface area contributed by atoms with Crippen LogP contribution >= 0.6 is 22.9 Å². The molecule has 0 fully saturated rings. The van der Waals surface area contributed by atoms with Gasteiger partial charge in [0, 0.05) is 6.20 Å². The third-order valence-electron chi connectivity index (χ3n) is 3.48. The number of hydrogen-bond donors (Lipinski definition) is 2. The molecule has 0 spiro atoms. The minimum absolute atomic E-state index is 0.0731. The van der Waals surface area contributed by atoms with Crippen LogP contribution in [0.1, 0.15) is 0 Å². The molecule has 4 heterocycles. The van der Waals surface area contributed by atoms with Gasteiger partial charge in [0.25, 0.3) is 5.56 Å². The molecule has 0 saturated heterocycles. The number of nitrogens with zero attached hydrogens (tertiary/aromatic N) is 4. The molecule has 4 rings (SSSR count). The molecule has 0 aliphatic carbocycles. The molecule has 0 radical (unpaired) electrons. The Morgan fingerprint density at radius 1 is 1.42 bits per heavy atom. The summed E-state index contributed by atoms with van der Waals surface area (Å²) in [6.45, 7) is 0.288. The number of thiophene rings is 1. The highest BCUT2D eigenvalue weighted by atomic mass is 35.5. The van der Waals surface area contributed by atoms with Gasteiger partial charge in [0.15, 0.2) is 11.2 Å². The van der Waals surface area contributed by atoms with Crippen molar-refractivity contribution >= 4 is 39.9 Å². The van der Waals surface area contributed by atoms with Gasteiger partial charge in [-0.3, -0.25) is 9.36 Å². The van der Waals surface area contributed by atoms with Gasteiger partial charge < -0.3 is 14.8 Å². The van der Waals surface area contributed by atoms with Crippen LogP contribution in [0.2, 0.25) is 4.34 Å². The molecule has 124 valence electrons. The van der Waals surface area contributed by atoms with E-state index in [1.165, 1.54) is 22.1 Å². The molecule has 0 bridgehead atoms. The van der Waals surface area contributed by atoms with E-state index in [4.69, 9.17) is 21.4 Å². The molecule has 0 saturated carbocycles.